The molecular weight excluding hydrogens is 437 g/mol. The third-order valence-corrected chi connectivity index (χ3v) is 4.59. The summed E-state index contributed by atoms with van der Waals surface area (Å²) in [6.07, 6.45) is -1.85. The van der Waals surface area contributed by atoms with E-state index in [0.29, 0.717) is 5.75 Å². The van der Waals surface area contributed by atoms with Gasteiger partial charge < -0.3 is 14.2 Å². The molecule has 0 spiro atoms. The van der Waals surface area contributed by atoms with E-state index in [1.54, 1.807) is 39.0 Å². The van der Waals surface area contributed by atoms with Crippen LogP contribution in [0.4, 0.5) is 13.2 Å². The van der Waals surface area contributed by atoms with Gasteiger partial charge in [0.2, 0.25) is 0 Å². The van der Waals surface area contributed by atoms with Crippen LogP contribution < -0.4 is 9.47 Å². The zero-order chi connectivity index (χ0) is 24.8. The van der Waals surface area contributed by atoms with Crippen molar-refractivity contribution in [3.8, 4) is 11.5 Å². The Balaban J connectivity index is 2.18. The predicted molar refractivity (Wildman–Crippen MR) is 118 cm³/mol. The van der Waals surface area contributed by atoms with Gasteiger partial charge in [0.05, 0.1) is 6.61 Å². The number of halogens is 3. The zero-order valence-corrected chi connectivity index (χ0v) is 19.2. The lowest BCUT2D eigenvalue weighted by Gasteiger charge is -2.26. The summed E-state index contributed by atoms with van der Waals surface area (Å²) in [5, 5.41) is 0. The SMILES string of the molecule is CCOC(=O)C(C)(C)Oc1ccc(C=CC(=O)c2ccc(OC(F)(F)F)cc2)cc1C(C)C. The first kappa shape index (κ1) is 26.0. The molecule has 2 aromatic rings. The predicted octanol–water partition coefficient (Wildman–Crippen LogP) is 6.33. The van der Waals surface area contributed by atoms with Crippen LogP contribution in [0.3, 0.4) is 0 Å². The number of ether oxygens (including phenoxy) is 3. The molecule has 0 aliphatic rings. The maximum atomic E-state index is 12.4. The summed E-state index contributed by atoms with van der Waals surface area (Å²) in [4.78, 5) is 24.6. The molecule has 5 nitrogen and oxygen atoms in total. The molecule has 0 saturated carbocycles. The molecule has 0 atom stereocenters. The van der Waals surface area contributed by atoms with E-state index >= 15 is 0 Å². The van der Waals surface area contributed by atoms with Gasteiger partial charge in [0.25, 0.3) is 0 Å². The summed E-state index contributed by atoms with van der Waals surface area (Å²) in [6, 6.07) is 10.0. The summed E-state index contributed by atoms with van der Waals surface area (Å²) in [5.41, 5.74) is 0.622. The first-order chi connectivity index (χ1) is 15.3. The van der Waals surface area contributed by atoms with E-state index in [0.717, 1.165) is 23.3 Å². The fraction of sp³-hybridized carbons (Fsp3) is 0.360. The summed E-state index contributed by atoms with van der Waals surface area (Å²) < 4.78 is 51.6. The summed E-state index contributed by atoms with van der Waals surface area (Å²) in [5.74, 6) is -0.634. The third kappa shape index (κ3) is 7.66. The standard InChI is InChI=1S/C25H27F3O5/c1-6-31-23(30)24(4,5)33-22-14-8-17(15-20(22)16(2)3)7-13-21(29)18-9-11-19(12-10-18)32-25(26,27)28/h7-16H,6H2,1-5H3. The van der Waals surface area contributed by atoms with Crippen molar-refractivity contribution in [1.29, 1.82) is 0 Å². The van der Waals surface area contributed by atoms with Crippen molar-refractivity contribution >= 4 is 17.8 Å². The molecule has 0 fully saturated rings. The van der Waals surface area contributed by atoms with Crippen LogP contribution in [-0.2, 0) is 9.53 Å². The van der Waals surface area contributed by atoms with Gasteiger partial charge in [-0.3, -0.25) is 4.79 Å². The fourth-order valence-corrected chi connectivity index (χ4v) is 2.93. The van der Waals surface area contributed by atoms with Gasteiger partial charge in [-0.1, -0.05) is 26.0 Å². The van der Waals surface area contributed by atoms with E-state index in [4.69, 9.17) is 9.47 Å². The Morgan fingerprint density at radius 1 is 1.00 bits per heavy atom. The monoisotopic (exact) mass is 464 g/mol. The second-order valence-corrected chi connectivity index (χ2v) is 8.05. The highest BCUT2D eigenvalue weighted by Crippen LogP contribution is 2.31. The van der Waals surface area contributed by atoms with Crippen LogP contribution in [0.1, 0.15) is 62.0 Å². The van der Waals surface area contributed by atoms with Crippen LogP contribution in [0.5, 0.6) is 11.5 Å². The third-order valence-electron chi connectivity index (χ3n) is 4.59. The van der Waals surface area contributed by atoms with Crippen molar-refractivity contribution in [1.82, 2.24) is 0 Å². The fourth-order valence-electron chi connectivity index (χ4n) is 2.93. The van der Waals surface area contributed by atoms with Crippen molar-refractivity contribution in [2.75, 3.05) is 6.61 Å². The molecule has 0 radical (unpaired) electrons. The van der Waals surface area contributed by atoms with Crippen LogP contribution in [0.2, 0.25) is 0 Å². The van der Waals surface area contributed by atoms with Crippen molar-refractivity contribution in [3.63, 3.8) is 0 Å². The van der Waals surface area contributed by atoms with E-state index in [1.807, 2.05) is 19.9 Å². The highest BCUT2D eigenvalue weighted by molar-refractivity contribution is 6.06. The Labute approximate surface area is 191 Å². The lowest BCUT2D eigenvalue weighted by Crippen LogP contribution is -2.40. The van der Waals surface area contributed by atoms with Gasteiger partial charge in [0.1, 0.15) is 11.5 Å². The number of benzene rings is 2. The molecular formula is C25H27F3O5. The second kappa shape index (κ2) is 10.6. The van der Waals surface area contributed by atoms with Gasteiger partial charge in [-0.15, -0.1) is 13.2 Å². The Morgan fingerprint density at radius 2 is 1.64 bits per heavy atom. The maximum absolute atomic E-state index is 12.4. The van der Waals surface area contributed by atoms with Crippen LogP contribution in [0, 0.1) is 0 Å². The van der Waals surface area contributed by atoms with Gasteiger partial charge >= 0.3 is 12.3 Å². The molecule has 0 aliphatic heterocycles. The first-order valence-corrected chi connectivity index (χ1v) is 10.4. The molecule has 0 amide bonds. The van der Waals surface area contributed by atoms with Crippen LogP contribution >= 0.6 is 0 Å². The average Bonchev–Trinajstić information content (AvgIpc) is 2.72. The normalized spacial score (nSPS) is 12.2. The topological polar surface area (TPSA) is 61.8 Å². The van der Waals surface area contributed by atoms with E-state index in [1.165, 1.54) is 18.2 Å². The van der Waals surface area contributed by atoms with Crippen molar-refractivity contribution in [2.24, 2.45) is 0 Å². The average molecular weight is 464 g/mol. The summed E-state index contributed by atoms with van der Waals surface area (Å²) in [6.45, 7) is 9.18. The van der Waals surface area contributed by atoms with Gasteiger partial charge in [-0.05, 0) is 80.3 Å². The second-order valence-electron chi connectivity index (χ2n) is 8.05. The van der Waals surface area contributed by atoms with Gasteiger partial charge in [-0.2, -0.15) is 0 Å². The molecule has 0 N–H and O–H groups in total. The largest absolute Gasteiger partial charge is 0.573 e. The lowest BCUT2D eigenvalue weighted by molar-refractivity contribution is -0.274. The number of carbonyl (C=O) groups excluding carboxylic acids is 2. The molecule has 0 saturated heterocycles. The molecule has 2 rings (SSSR count). The van der Waals surface area contributed by atoms with E-state index in [-0.39, 0.29) is 23.9 Å². The molecule has 0 bridgehead atoms. The van der Waals surface area contributed by atoms with E-state index < -0.39 is 23.7 Å². The number of rotatable bonds is 9. The number of carbonyl (C=O) groups is 2. The number of hydrogen-bond acceptors (Lipinski definition) is 5. The Hall–Kier alpha value is -3.29. The van der Waals surface area contributed by atoms with Gasteiger partial charge in [-0.25, -0.2) is 4.79 Å². The van der Waals surface area contributed by atoms with E-state index in [2.05, 4.69) is 4.74 Å². The molecule has 178 valence electrons. The minimum absolute atomic E-state index is 0.0724. The number of allylic oxidation sites excluding steroid dienone is 1. The van der Waals surface area contributed by atoms with Crippen molar-refractivity contribution in [2.45, 2.75) is 52.5 Å². The Morgan fingerprint density at radius 3 is 2.18 bits per heavy atom. The Bertz CT molecular complexity index is 1010. The molecule has 33 heavy (non-hydrogen) atoms. The van der Waals surface area contributed by atoms with Gasteiger partial charge in [0.15, 0.2) is 11.4 Å². The smallest absolute Gasteiger partial charge is 0.476 e. The van der Waals surface area contributed by atoms with Crippen LogP contribution in [0.25, 0.3) is 6.08 Å². The highest BCUT2D eigenvalue weighted by Gasteiger charge is 2.33. The maximum Gasteiger partial charge on any atom is 0.573 e. The van der Waals surface area contributed by atoms with Crippen molar-refractivity contribution < 1.29 is 37.0 Å². The lowest BCUT2D eigenvalue weighted by atomic mass is 9.98. The molecule has 0 aromatic heterocycles. The van der Waals surface area contributed by atoms with Gasteiger partial charge in [0, 0.05) is 5.56 Å². The van der Waals surface area contributed by atoms with Crippen LogP contribution in [-0.4, -0.2) is 30.3 Å². The highest BCUT2D eigenvalue weighted by atomic mass is 19.4. The molecule has 2 aromatic carbocycles. The number of hydrogen-bond donors (Lipinski definition) is 0. The number of ketones is 1. The van der Waals surface area contributed by atoms with Crippen molar-refractivity contribution in [3.05, 3.63) is 65.2 Å². The summed E-state index contributed by atoms with van der Waals surface area (Å²) >= 11 is 0. The minimum Gasteiger partial charge on any atom is -0.476 e. The summed E-state index contributed by atoms with van der Waals surface area (Å²) in [7, 11) is 0. The zero-order valence-electron chi connectivity index (χ0n) is 19.2. The first-order valence-electron chi connectivity index (χ1n) is 10.4. The minimum atomic E-state index is -4.79. The molecule has 0 heterocycles. The van der Waals surface area contributed by atoms with Crippen LogP contribution in [0.15, 0.2) is 48.5 Å². The Kier molecular flexibility index (Phi) is 8.30. The number of esters is 1. The quantitative estimate of drug-likeness (QED) is 0.247. The number of alkyl halides is 3. The van der Waals surface area contributed by atoms with E-state index in [9.17, 15) is 22.8 Å². The molecule has 0 unspecified atom stereocenters. The molecule has 8 heteroatoms. The molecule has 0 aliphatic carbocycles.